The van der Waals surface area contributed by atoms with E-state index in [4.69, 9.17) is 9.47 Å². The van der Waals surface area contributed by atoms with Crippen LogP contribution in [0.2, 0.25) is 0 Å². The van der Waals surface area contributed by atoms with E-state index in [0.29, 0.717) is 5.75 Å². The molecule has 0 saturated heterocycles. The number of methoxy groups -OCH3 is 1. The molecule has 0 saturated carbocycles. The molecule has 4 nitrogen and oxygen atoms in total. The Morgan fingerprint density at radius 3 is 2.53 bits per heavy atom. The fourth-order valence-electron chi connectivity index (χ4n) is 1.94. The van der Waals surface area contributed by atoms with Gasteiger partial charge in [0.25, 0.3) is 0 Å². The third kappa shape index (κ3) is 2.62. The van der Waals surface area contributed by atoms with Crippen molar-refractivity contribution in [2.24, 2.45) is 0 Å². The van der Waals surface area contributed by atoms with Crippen LogP contribution in [0.3, 0.4) is 0 Å². The van der Waals surface area contributed by atoms with Gasteiger partial charge >= 0.3 is 5.97 Å². The summed E-state index contributed by atoms with van der Waals surface area (Å²) < 4.78 is 10.8. The quantitative estimate of drug-likeness (QED) is 0.916. The minimum atomic E-state index is -0.992. The van der Waals surface area contributed by atoms with Crippen LogP contribution >= 0.6 is 0 Å². The van der Waals surface area contributed by atoms with E-state index in [-0.39, 0.29) is 11.7 Å². The summed E-state index contributed by atoms with van der Waals surface area (Å²) >= 11 is 0. The van der Waals surface area contributed by atoms with Gasteiger partial charge in [0.05, 0.1) is 13.2 Å². The summed E-state index contributed by atoms with van der Waals surface area (Å²) in [5.41, 5.74) is 0.173. The highest BCUT2D eigenvalue weighted by Crippen LogP contribution is 2.33. The lowest BCUT2D eigenvalue weighted by Crippen LogP contribution is -2.10. The fourth-order valence-corrected chi connectivity index (χ4v) is 1.94. The van der Waals surface area contributed by atoms with E-state index in [9.17, 15) is 9.90 Å². The topological polar surface area (TPSA) is 55.8 Å². The van der Waals surface area contributed by atoms with Crippen LogP contribution < -0.4 is 9.47 Å². The molecule has 0 atom stereocenters. The fraction of sp³-hybridized carbons (Fsp3) is 0.267. The molecule has 0 unspecified atom stereocenters. The van der Waals surface area contributed by atoms with Crippen LogP contribution in [0.25, 0.3) is 10.8 Å². The molecule has 100 valence electrons. The maximum Gasteiger partial charge on any atom is 0.339 e. The number of carboxylic acid groups (broad SMARTS) is 1. The molecule has 0 bridgehead atoms. The number of hydrogen-bond acceptors (Lipinski definition) is 3. The van der Waals surface area contributed by atoms with Gasteiger partial charge in [0.1, 0.15) is 17.1 Å². The Kier molecular flexibility index (Phi) is 3.60. The van der Waals surface area contributed by atoms with Crippen LogP contribution in [0.4, 0.5) is 0 Å². The minimum Gasteiger partial charge on any atom is -0.497 e. The zero-order valence-corrected chi connectivity index (χ0v) is 11.1. The number of rotatable bonds is 4. The Hall–Kier alpha value is -2.23. The maximum absolute atomic E-state index is 11.3. The van der Waals surface area contributed by atoms with Crippen LogP contribution in [-0.2, 0) is 0 Å². The SMILES string of the molecule is COc1ccc2c(OC(C)C)c(C(=O)O)ccc2c1. The van der Waals surface area contributed by atoms with E-state index in [1.54, 1.807) is 25.3 Å². The molecule has 0 radical (unpaired) electrons. The normalized spacial score (nSPS) is 10.7. The van der Waals surface area contributed by atoms with Crippen molar-refractivity contribution < 1.29 is 19.4 Å². The first kappa shape index (κ1) is 13.2. The second kappa shape index (κ2) is 5.18. The maximum atomic E-state index is 11.3. The van der Waals surface area contributed by atoms with Gasteiger partial charge in [-0.05, 0) is 43.5 Å². The molecule has 19 heavy (non-hydrogen) atoms. The monoisotopic (exact) mass is 260 g/mol. The molecule has 0 aliphatic carbocycles. The average Bonchev–Trinajstić information content (AvgIpc) is 2.37. The predicted molar refractivity (Wildman–Crippen MR) is 73.2 cm³/mol. The molecule has 0 aromatic heterocycles. The first-order chi connectivity index (χ1) is 9.02. The first-order valence-electron chi connectivity index (χ1n) is 6.03. The van der Waals surface area contributed by atoms with E-state index in [2.05, 4.69) is 0 Å². The van der Waals surface area contributed by atoms with Crippen molar-refractivity contribution in [2.45, 2.75) is 20.0 Å². The number of benzene rings is 2. The summed E-state index contributed by atoms with van der Waals surface area (Å²) in [5, 5.41) is 10.9. The smallest absolute Gasteiger partial charge is 0.339 e. The number of hydrogen-bond donors (Lipinski definition) is 1. The Bertz CT molecular complexity index is 617. The molecule has 2 aromatic rings. The molecule has 4 heteroatoms. The number of ether oxygens (including phenoxy) is 2. The van der Waals surface area contributed by atoms with Gasteiger partial charge in [0.2, 0.25) is 0 Å². The zero-order valence-electron chi connectivity index (χ0n) is 11.1. The summed E-state index contributed by atoms with van der Waals surface area (Å²) in [7, 11) is 1.60. The van der Waals surface area contributed by atoms with E-state index < -0.39 is 5.97 Å². The Morgan fingerprint density at radius 1 is 1.21 bits per heavy atom. The Balaban J connectivity index is 2.68. The van der Waals surface area contributed by atoms with Gasteiger partial charge < -0.3 is 14.6 Å². The van der Waals surface area contributed by atoms with Crippen molar-refractivity contribution in [1.29, 1.82) is 0 Å². The molecule has 0 aliphatic heterocycles. The van der Waals surface area contributed by atoms with Crippen LogP contribution in [0.5, 0.6) is 11.5 Å². The molecular formula is C15H16O4. The molecule has 0 aliphatic rings. The third-order valence-electron chi connectivity index (χ3n) is 2.76. The lowest BCUT2D eigenvalue weighted by molar-refractivity contribution is 0.0691. The summed E-state index contributed by atoms with van der Waals surface area (Å²) in [6, 6.07) is 8.78. The molecule has 0 amide bonds. The predicted octanol–water partition coefficient (Wildman–Crippen LogP) is 3.33. The van der Waals surface area contributed by atoms with E-state index in [1.807, 2.05) is 26.0 Å². The Morgan fingerprint density at radius 2 is 1.95 bits per heavy atom. The van der Waals surface area contributed by atoms with Crippen molar-refractivity contribution in [3.8, 4) is 11.5 Å². The summed E-state index contributed by atoms with van der Waals surface area (Å²) in [6.45, 7) is 3.74. The lowest BCUT2D eigenvalue weighted by Gasteiger charge is -2.15. The van der Waals surface area contributed by atoms with E-state index in [0.717, 1.165) is 16.5 Å². The molecule has 2 rings (SSSR count). The second-order valence-corrected chi connectivity index (χ2v) is 4.50. The van der Waals surface area contributed by atoms with Crippen LogP contribution in [0, 0.1) is 0 Å². The summed E-state index contributed by atoms with van der Waals surface area (Å²) in [5.74, 6) is 0.141. The number of fused-ring (bicyclic) bond motifs is 1. The van der Waals surface area contributed by atoms with Crippen molar-refractivity contribution >= 4 is 16.7 Å². The van der Waals surface area contributed by atoms with Crippen molar-refractivity contribution in [2.75, 3.05) is 7.11 Å². The Labute approximate surface area is 111 Å². The van der Waals surface area contributed by atoms with Gasteiger partial charge in [-0.3, -0.25) is 0 Å². The van der Waals surface area contributed by atoms with Gasteiger partial charge in [0, 0.05) is 5.39 Å². The van der Waals surface area contributed by atoms with Crippen molar-refractivity contribution in [1.82, 2.24) is 0 Å². The van der Waals surface area contributed by atoms with Gasteiger partial charge in [-0.25, -0.2) is 4.79 Å². The molecule has 0 heterocycles. The minimum absolute atomic E-state index is 0.0919. The molecular weight excluding hydrogens is 244 g/mol. The van der Waals surface area contributed by atoms with Gasteiger partial charge in [-0.2, -0.15) is 0 Å². The second-order valence-electron chi connectivity index (χ2n) is 4.50. The molecule has 2 aromatic carbocycles. The largest absolute Gasteiger partial charge is 0.497 e. The van der Waals surface area contributed by atoms with E-state index in [1.165, 1.54) is 0 Å². The summed E-state index contributed by atoms with van der Waals surface area (Å²) in [4.78, 5) is 11.3. The molecule has 0 spiro atoms. The standard InChI is InChI=1S/C15H16O4/c1-9(2)19-14-12-7-5-11(18-3)8-10(12)4-6-13(14)15(16)17/h4-9H,1-3H3,(H,16,17). The highest BCUT2D eigenvalue weighted by Gasteiger charge is 2.16. The van der Waals surface area contributed by atoms with Gasteiger partial charge in [-0.15, -0.1) is 0 Å². The number of carbonyl (C=O) groups is 1. The lowest BCUT2D eigenvalue weighted by atomic mass is 10.0. The van der Waals surface area contributed by atoms with E-state index >= 15 is 0 Å². The highest BCUT2D eigenvalue weighted by molar-refractivity contribution is 6.01. The number of carboxylic acids is 1. The van der Waals surface area contributed by atoms with Crippen molar-refractivity contribution in [3.05, 3.63) is 35.9 Å². The van der Waals surface area contributed by atoms with Gasteiger partial charge in [-0.1, -0.05) is 6.07 Å². The first-order valence-corrected chi connectivity index (χ1v) is 6.03. The molecule has 0 fully saturated rings. The van der Waals surface area contributed by atoms with Crippen molar-refractivity contribution in [3.63, 3.8) is 0 Å². The third-order valence-corrected chi connectivity index (χ3v) is 2.76. The zero-order chi connectivity index (χ0) is 14.0. The van der Waals surface area contributed by atoms with Crippen LogP contribution in [0.1, 0.15) is 24.2 Å². The number of aromatic carboxylic acids is 1. The molecule has 1 N–H and O–H groups in total. The van der Waals surface area contributed by atoms with Crippen LogP contribution in [0.15, 0.2) is 30.3 Å². The highest BCUT2D eigenvalue weighted by atomic mass is 16.5. The summed E-state index contributed by atoms with van der Waals surface area (Å²) in [6.07, 6.45) is -0.0919. The van der Waals surface area contributed by atoms with Crippen LogP contribution in [-0.4, -0.2) is 24.3 Å². The average molecular weight is 260 g/mol. The van der Waals surface area contributed by atoms with Gasteiger partial charge in [0.15, 0.2) is 0 Å².